The van der Waals surface area contributed by atoms with E-state index in [0.29, 0.717) is 43.5 Å². The van der Waals surface area contributed by atoms with Crippen LogP contribution in [0, 0.1) is 0 Å². The maximum atomic E-state index is 12.5. The van der Waals surface area contributed by atoms with E-state index in [-0.39, 0.29) is 25.0 Å². The maximum absolute atomic E-state index is 12.5. The van der Waals surface area contributed by atoms with Crippen LogP contribution in [0.1, 0.15) is 57.4 Å². The van der Waals surface area contributed by atoms with Gasteiger partial charge in [0.2, 0.25) is 11.9 Å². The van der Waals surface area contributed by atoms with E-state index in [1.165, 1.54) is 26.3 Å². The number of ether oxygens (including phenoxy) is 2. The molecule has 0 aromatic heterocycles. The second-order valence-corrected chi connectivity index (χ2v) is 8.84. The highest BCUT2D eigenvalue weighted by Crippen LogP contribution is 2.30. The first-order valence-corrected chi connectivity index (χ1v) is 12.4. The lowest BCUT2D eigenvalue weighted by atomic mass is 9.94. The lowest BCUT2D eigenvalue weighted by molar-refractivity contribution is -0.143. The molecule has 35 heavy (non-hydrogen) atoms. The summed E-state index contributed by atoms with van der Waals surface area (Å²) in [6.45, 7) is 2.76. The van der Waals surface area contributed by atoms with Crippen LogP contribution >= 0.6 is 0 Å². The van der Waals surface area contributed by atoms with E-state index >= 15 is 0 Å². The molecule has 3 rings (SSSR count). The average molecular weight is 488 g/mol. The molecule has 1 heterocycles. The van der Waals surface area contributed by atoms with Crippen molar-refractivity contribution < 1.29 is 23.9 Å². The molecule has 2 aliphatic rings. The van der Waals surface area contributed by atoms with Gasteiger partial charge < -0.3 is 24.6 Å². The molecule has 1 aliphatic heterocycles. The topological polar surface area (TPSA) is 113 Å². The minimum atomic E-state index is -0.426. The Labute approximate surface area is 207 Å². The largest absolute Gasteiger partial charge is 0.494 e. The van der Waals surface area contributed by atoms with E-state index in [1.807, 2.05) is 30.1 Å². The molecule has 1 aromatic carbocycles. The predicted octanol–water partition coefficient (Wildman–Crippen LogP) is 2.93. The van der Waals surface area contributed by atoms with Crippen molar-refractivity contribution >= 4 is 29.6 Å². The zero-order chi connectivity index (χ0) is 25.2. The number of carbonyl (C=O) groups excluding carboxylic acids is 3. The van der Waals surface area contributed by atoms with Gasteiger partial charge in [-0.1, -0.05) is 19.3 Å². The third-order valence-electron chi connectivity index (χ3n) is 6.34. The van der Waals surface area contributed by atoms with Crippen LogP contribution in [0.15, 0.2) is 23.2 Å². The molecule has 1 aliphatic carbocycles. The summed E-state index contributed by atoms with van der Waals surface area (Å²) < 4.78 is 11.0. The monoisotopic (exact) mass is 487 g/mol. The van der Waals surface area contributed by atoms with Crippen LogP contribution in [0.2, 0.25) is 0 Å². The van der Waals surface area contributed by atoms with Crippen molar-refractivity contribution in [2.45, 2.75) is 64.5 Å². The molecule has 1 fully saturated rings. The standard InChI is InChI=1S/C25H37N5O5/c1-4-34-23(32)17-30-16-18-15-20(12-13-21(18)27-24(30)28-25(33)26-2)35-14-8-11-22(31)29(3)19-9-6-5-7-10-19/h12-13,15,19H,4-11,14,16-17H2,1-3H3,(H2,26,27,28,33). The zero-order valence-corrected chi connectivity index (χ0v) is 21.0. The van der Waals surface area contributed by atoms with Gasteiger partial charge in [0.25, 0.3) is 0 Å². The summed E-state index contributed by atoms with van der Waals surface area (Å²) in [4.78, 5) is 44.5. The number of urea groups is 1. The highest BCUT2D eigenvalue weighted by molar-refractivity contribution is 5.99. The van der Waals surface area contributed by atoms with Crippen molar-refractivity contribution in [1.29, 1.82) is 0 Å². The quantitative estimate of drug-likeness (QED) is 0.409. The van der Waals surface area contributed by atoms with Crippen molar-refractivity contribution in [1.82, 2.24) is 20.4 Å². The summed E-state index contributed by atoms with van der Waals surface area (Å²) in [5.74, 6) is 0.716. The Balaban J connectivity index is 1.56. The molecule has 0 spiro atoms. The van der Waals surface area contributed by atoms with Crippen molar-refractivity contribution in [3.63, 3.8) is 0 Å². The summed E-state index contributed by atoms with van der Waals surface area (Å²) in [6.07, 6.45) is 6.98. The van der Waals surface area contributed by atoms with E-state index in [4.69, 9.17) is 9.47 Å². The number of hydrogen-bond acceptors (Lipinski definition) is 7. The molecule has 10 nitrogen and oxygen atoms in total. The third-order valence-corrected chi connectivity index (χ3v) is 6.34. The number of aliphatic imine (C=N–C) groups is 1. The van der Waals surface area contributed by atoms with Gasteiger partial charge >= 0.3 is 12.0 Å². The average Bonchev–Trinajstić information content (AvgIpc) is 2.86. The lowest BCUT2D eigenvalue weighted by Gasteiger charge is -2.31. The smallest absolute Gasteiger partial charge is 0.325 e. The Morgan fingerprint density at radius 2 is 1.97 bits per heavy atom. The van der Waals surface area contributed by atoms with E-state index in [9.17, 15) is 14.4 Å². The number of rotatable bonds is 9. The first kappa shape index (κ1) is 26.3. The van der Waals surface area contributed by atoms with Crippen molar-refractivity contribution in [2.75, 3.05) is 33.9 Å². The Bertz CT molecular complexity index is 929. The number of fused-ring (bicyclic) bond motifs is 1. The number of nitrogens with one attached hydrogen (secondary N) is 2. The first-order chi connectivity index (χ1) is 16.9. The number of benzene rings is 1. The van der Waals surface area contributed by atoms with E-state index in [2.05, 4.69) is 15.6 Å². The Kier molecular flexibility index (Phi) is 9.75. The van der Waals surface area contributed by atoms with Crippen molar-refractivity contribution in [2.24, 2.45) is 4.99 Å². The number of guanidine groups is 1. The zero-order valence-electron chi connectivity index (χ0n) is 21.0. The maximum Gasteiger partial charge on any atom is 0.325 e. The first-order valence-electron chi connectivity index (χ1n) is 12.4. The fourth-order valence-corrected chi connectivity index (χ4v) is 4.38. The number of nitrogens with zero attached hydrogens (tertiary/aromatic N) is 3. The molecular formula is C25H37N5O5. The van der Waals surface area contributed by atoms with Crippen molar-refractivity contribution in [3.8, 4) is 5.75 Å². The van der Waals surface area contributed by atoms with Gasteiger partial charge in [-0.2, -0.15) is 0 Å². The van der Waals surface area contributed by atoms with Crippen LogP contribution in [0.5, 0.6) is 5.75 Å². The Morgan fingerprint density at radius 3 is 2.69 bits per heavy atom. The molecule has 3 amide bonds. The lowest BCUT2D eigenvalue weighted by Crippen LogP contribution is -2.49. The second-order valence-electron chi connectivity index (χ2n) is 8.84. The van der Waals surface area contributed by atoms with Gasteiger partial charge in [0.1, 0.15) is 12.3 Å². The van der Waals surface area contributed by atoms with Crippen molar-refractivity contribution in [3.05, 3.63) is 23.8 Å². The van der Waals surface area contributed by atoms with Gasteiger partial charge in [0, 0.05) is 38.7 Å². The molecule has 0 unspecified atom stereocenters. The molecule has 0 saturated heterocycles. The van der Waals surface area contributed by atoms with Crippen LogP contribution in [-0.2, 0) is 20.9 Å². The number of carbonyl (C=O) groups is 3. The number of esters is 1. The van der Waals surface area contributed by atoms with Crippen LogP contribution in [0.25, 0.3) is 0 Å². The molecule has 0 atom stereocenters. The minimum Gasteiger partial charge on any atom is -0.494 e. The molecule has 10 heteroatoms. The summed E-state index contributed by atoms with van der Waals surface area (Å²) >= 11 is 0. The Hall–Kier alpha value is -3.30. The van der Waals surface area contributed by atoms with Gasteiger partial charge in [-0.05, 0) is 44.4 Å². The minimum absolute atomic E-state index is 0.0438. The fourth-order valence-electron chi connectivity index (χ4n) is 4.38. The molecular weight excluding hydrogens is 450 g/mol. The number of hydrogen-bond donors (Lipinski definition) is 2. The second kappa shape index (κ2) is 13.0. The van der Waals surface area contributed by atoms with Gasteiger partial charge in [-0.3, -0.25) is 14.9 Å². The van der Waals surface area contributed by atoms with Gasteiger partial charge in [0.05, 0.1) is 18.9 Å². The highest BCUT2D eigenvalue weighted by atomic mass is 16.5. The van der Waals surface area contributed by atoms with E-state index < -0.39 is 12.0 Å². The van der Waals surface area contributed by atoms with E-state index in [0.717, 1.165) is 18.4 Å². The highest BCUT2D eigenvalue weighted by Gasteiger charge is 2.25. The summed E-state index contributed by atoms with van der Waals surface area (Å²) in [7, 11) is 3.42. The SMILES string of the molecule is CCOC(=O)CN1Cc2cc(OCCCC(=O)N(C)C3CCCCC3)ccc2N=C1NC(=O)NC. The van der Waals surface area contributed by atoms with E-state index in [1.54, 1.807) is 11.8 Å². The van der Waals surface area contributed by atoms with Gasteiger partial charge in [-0.25, -0.2) is 9.79 Å². The Morgan fingerprint density at radius 1 is 1.20 bits per heavy atom. The summed E-state index contributed by atoms with van der Waals surface area (Å²) in [6, 6.07) is 5.46. The molecule has 1 saturated carbocycles. The van der Waals surface area contributed by atoms with Crippen LogP contribution in [-0.4, -0.2) is 73.6 Å². The normalized spacial score (nSPS) is 15.5. The molecule has 1 aromatic rings. The molecule has 0 radical (unpaired) electrons. The van der Waals surface area contributed by atoms with Crippen LogP contribution in [0.3, 0.4) is 0 Å². The summed E-state index contributed by atoms with van der Waals surface area (Å²) in [5.41, 5.74) is 1.55. The molecule has 2 N–H and O–H groups in total. The molecule has 192 valence electrons. The predicted molar refractivity (Wildman–Crippen MR) is 133 cm³/mol. The fraction of sp³-hybridized carbons (Fsp3) is 0.600. The number of amides is 3. The van der Waals surface area contributed by atoms with Gasteiger partial charge in [0.15, 0.2) is 0 Å². The van der Waals surface area contributed by atoms with Crippen LogP contribution < -0.4 is 15.4 Å². The third kappa shape index (κ3) is 7.60. The van der Waals surface area contributed by atoms with Crippen LogP contribution in [0.4, 0.5) is 10.5 Å². The molecule has 0 bridgehead atoms. The van der Waals surface area contributed by atoms with Gasteiger partial charge in [-0.15, -0.1) is 0 Å². The summed E-state index contributed by atoms with van der Waals surface area (Å²) in [5, 5.41) is 5.14.